The van der Waals surface area contributed by atoms with Gasteiger partial charge in [0.1, 0.15) is 12.2 Å². The number of carboxylic acids is 1. The van der Waals surface area contributed by atoms with Crippen molar-refractivity contribution >= 4 is 17.7 Å². The number of aromatic nitrogens is 2. The van der Waals surface area contributed by atoms with Gasteiger partial charge in [0.15, 0.2) is 0 Å². The Morgan fingerprint density at radius 3 is 3.14 bits per heavy atom. The lowest BCUT2D eigenvalue weighted by Crippen LogP contribution is -2.08. The number of carbonyl (C=O) groups is 1. The van der Waals surface area contributed by atoms with Gasteiger partial charge in [-0.15, -0.1) is 0 Å². The molecule has 0 saturated heterocycles. The molecular formula is C9H12N2O2S. The molecule has 5 heteroatoms. The van der Waals surface area contributed by atoms with Crippen molar-refractivity contribution in [1.82, 2.24) is 9.55 Å². The predicted molar refractivity (Wildman–Crippen MR) is 54.4 cm³/mol. The zero-order valence-electron chi connectivity index (χ0n) is 7.99. The second-order valence-electron chi connectivity index (χ2n) is 3.35. The van der Waals surface area contributed by atoms with Crippen LogP contribution in [0.3, 0.4) is 0 Å². The largest absolute Gasteiger partial charge is 0.481 e. The van der Waals surface area contributed by atoms with E-state index in [0.29, 0.717) is 5.82 Å². The number of hydrogen-bond acceptors (Lipinski definition) is 3. The van der Waals surface area contributed by atoms with E-state index in [1.54, 1.807) is 0 Å². The van der Waals surface area contributed by atoms with E-state index in [-0.39, 0.29) is 6.42 Å². The number of thioether (sulfide) groups is 1. The van der Waals surface area contributed by atoms with E-state index in [4.69, 9.17) is 5.11 Å². The summed E-state index contributed by atoms with van der Waals surface area (Å²) in [5.41, 5.74) is 2.28. The molecule has 2 rings (SSSR count). The van der Waals surface area contributed by atoms with Crippen LogP contribution in [0.4, 0.5) is 0 Å². The Morgan fingerprint density at radius 1 is 1.71 bits per heavy atom. The summed E-state index contributed by atoms with van der Waals surface area (Å²) in [5.74, 6) is 1.91. The normalized spacial score (nSPS) is 15.2. The van der Waals surface area contributed by atoms with E-state index in [0.717, 1.165) is 23.6 Å². The monoisotopic (exact) mass is 212 g/mol. The highest BCUT2D eigenvalue weighted by Crippen LogP contribution is 2.24. The van der Waals surface area contributed by atoms with Gasteiger partial charge in [-0.3, -0.25) is 4.79 Å². The van der Waals surface area contributed by atoms with Crippen LogP contribution in [0, 0.1) is 0 Å². The molecule has 1 N–H and O–H groups in total. The lowest BCUT2D eigenvalue weighted by molar-refractivity contribution is -0.136. The Labute approximate surface area is 86.3 Å². The standard InChI is InChI=1S/C9H12N2O2S/c1-11-7-5-14-3-2-6(7)10-8(11)4-9(12)13/h2-5H2,1H3,(H,12,13). The second kappa shape index (κ2) is 3.65. The molecule has 1 aliphatic heterocycles. The van der Waals surface area contributed by atoms with Crippen LogP contribution in [0.25, 0.3) is 0 Å². The van der Waals surface area contributed by atoms with E-state index in [1.165, 1.54) is 5.69 Å². The van der Waals surface area contributed by atoms with Crippen molar-refractivity contribution in [2.24, 2.45) is 7.05 Å². The molecule has 0 amide bonds. The molecule has 1 aliphatic rings. The molecule has 0 saturated carbocycles. The molecule has 2 heterocycles. The van der Waals surface area contributed by atoms with E-state index in [1.807, 2.05) is 23.4 Å². The van der Waals surface area contributed by atoms with Gasteiger partial charge in [0.25, 0.3) is 0 Å². The predicted octanol–water partition coefficient (Wildman–Crippen LogP) is 0.837. The number of carboxylic acid groups (broad SMARTS) is 1. The van der Waals surface area contributed by atoms with Crippen LogP contribution in [-0.2, 0) is 30.4 Å². The Morgan fingerprint density at radius 2 is 2.50 bits per heavy atom. The third kappa shape index (κ3) is 1.64. The molecular weight excluding hydrogens is 200 g/mol. The highest BCUT2D eigenvalue weighted by Gasteiger charge is 2.18. The van der Waals surface area contributed by atoms with Crippen molar-refractivity contribution in [2.75, 3.05) is 5.75 Å². The minimum Gasteiger partial charge on any atom is -0.481 e. The van der Waals surface area contributed by atoms with Gasteiger partial charge in [0, 0.05) is 19.2 Å². The second-order valence-corrected chi connectivity index (χ2v) is 4.46. The average Bonchev–Trinajstić information content (AvgIpc) is 2.44. The Balaban J connectivity index is 2.33. The minimum absolute atomic E-state index is 0.0220. The van der Waals surface area contributed by atoms with Gasteiger partial charge in [-0.05, 0) is 5.75 Å². The molecule has 0 aliphatic carbocycles. The van der Waals surface area contributed by atoms with Gasteiger partial charge in [0.2, 0.25) is 0 Å². The number of fused-ring (bicyclic) bond motifs is 1. The topological polar surface area (TPSA) is 55.1 Å². The number of aliphatic carboxylic acids is 1. The quantitative estimate of drug-likeness (QED) is 0.789. The average molecular weight is 212 g/mol. The molecule has 14 heavy (non-hydrogen) atoms. The first-order chi connectivity index (χ1) is 6.68. The van der Waals surface area contributed by atoms with Gasteiger partial charge in [-0.2, -0.15) is 11.8 Å². The lowest BCUT2D eigenvalue weighted by Gasteiger charge is -2.10. The molecule has 4 nitrogen and oxygen atoms in total. The number of rotatable bonds is 2. The Bertz CT molecular complexity index is 373. The van der Waals surface area contributed by atoms with Crippen LogP contribution in [0.5, 0.6) is 0 Å². The number of imidazole rings is 1. The molecule has 1 aromatic rings. The molecule has 0 fully saturated rings. The summed E-state index contributed by atoms with van der Waals surface area (Å²) in [4.78, 5) is 14.9. The smallest absolute Gasteiger partial charge is 0.311 e. The molecule has 0 spiro atoms. The van der Waals surface area contributed by atoms with Crippen molar-refractivity contribution in [2.45, 2.75) is 18.6 Å². The van der Waals surface area contributed by atoms with Crippen LogP contribution in [0.1, 0.15) is 17.2 Å². The third-order valence-corrected chi connectivity index (χ3v) is 3.39. The third-order valence-electron chi connectivity index (χ3n) is 2.42. The van der Waals surface area contributed by atoms with Gasteiger partial charge < -0.3 is 9.67 Å². The highest BCUT2D eigenvalue weighted by atomic mass is 32.2. The van der Waals surface area contributed by atoms with E-state index < -0.39 is 5.97 Å². The molecule has 1 aromatic heterocycles. The number of hydrogen-bond donors (Lipinski definition) is 1. The molecule has 0 radical (unpaired) electrons. The maximum atomic E-state index is 10.6. The summed E-state index contributed by atoms with van der Waals surface area (Å²) < 4.78 is 1.93. The van der Waals surface area contributed by atoms with Crippen molar-refractivity contribution in [3.05, 3.63) is 17.2 Å². The number of aryl methyl sites for hydroxylation is 1. The summed E-state index contributed by atoms with van der Waals surface area (Å²) >= 11 is 1.88. The molecule has 0 atom stereocenters. The number of nitrogens with zero attached hydrogens (tertiary/aromatic N) is 2. The molecule has 76 valence electrons. The zero-order valence-corrected chi connectivity index (χ0v) is 8.80. The SMILES string of the molecule is Cn1c(CC(=O)O)nc2c1CSCC2. The first-order valence-electron chi connectivity index (χ1n) is 4.51. The molecule has 0 unspecified atom stereocenters. The van der Waals surface area contributed by atoms with Crippen molar-refractivity contribution in [3.8, 4) is 0 Å². The Kier molecular flexibility index (Phi) is 2.50. The first kappa shape index (κ1) is 9.58. The van der Waals surface area contributed by atoms with Crippen LogP contribution < -0.4 is 0 Å². The summed E-state index contributed by atoms with van der Waals surface area (Å²) in [7, 11) is 1.90. The highest BCUT2D eigenvalue weighted by molar-refractivity contribution is 7.98. The maximum Gasteiger partial charge on any atom is 0.311 e. The van der Waals surface area contributed by atoms with E-state index in [9.17, 15) is 4.79 Å². The summed E-state index contributed by atoms with van der Waals surface area (Å²) in [6, 6.07) is 0. The van der Waals surface area contributed by atoms with Crippen molar-refractivity contribution in [1.29, 1.82) is 0 Å². The van der Waals surface area contributed by atoms with Crippen LogP contribution in [-0.4, -0.2) is 26.4 Å². The van der Waals surface area contributed by atoms with Gasteiger partial charge in [-0.25, -0.2) is 4.98 Å². The molecule has 0 aromatic carbocycles. The van der Waals surface area contributed by atoms with Gasteiger partial charge >= 0.3 is 5.97 Å². The fourth-order valence-corrected chi connectivity index (χ4v) is 2.69. The van der Waals surface area contributed by atoms with E-state index in [2.05, 4.69) is 4.98 Å². The summed E-state index contributed by atoms with van der Waals surface area (Å²) in [6.45, 7) is 0. The maximum absolute atomic E-state index is 10.6. The minimum atomic E-state index is -0.817. The fourth-order valence-electron chi connectivity index (χ4n) is 1.66. The molecule has 0 bridgehead atoms. The summed E-state index contributed by atoms with van der Waals surface area (Å²) in [5, 5.41) is 8.69. The first-order valence-corrected chi connectivity index (χ1v) is 5.67. The van der Waals surface area contributed by atoms with Crippen molar-refractivity contribution < 1.29 is 9.90 Å². The van der Waals surface area contributed by atoms with Crippen LogP contribution >= 0.6 is 11.8 Å². The van der Waals surface area contributed by atoms with Gasteiger partial charge in [-0.1, -0.05) is 0 Å². The summed E-state index contributed by atoms with van der Waals surface area (Å²) in [6.07, 6.45) is 0.988. The van der Waals surface area contributed by atoms with E-state index >= 15 is 0 Å². The van der Waals surface area contributed by atoms with Crippen LogP contribution in [0.15, 0.2) is 0 Å². The van der Waals surface area contributed by atoms with Crippen LogP contribution in [0.2, 0.25) is 0 Å². The van der Waals surface area contributed by atoms with Gasteiger partial charge in [0.05, 0.1) is 11.4 Å². The lowest BCUT2D eigenvalue weighted by atomic mass is 10.3. The van der Waals surface area contributed by atoms with Crippen molar-refractivity contribution in [3.63, 3.8) is 0 Å². The Hall–Kier alpha value is -0.970. The fraction of sp³-hybridized carbons (Fsp3) is 0.556. The zero-order chi connectivity index (χ0) is 10.1.